The van der Waals surface area contributed by atoms with Crippen molar-refractivity contribution in [2.45, 2.75) is 26.3 Å². The minimum Gasteiger partial charge on any atom is -0.505 e. The van der Waals surface area contributed by atoms with E-state index < -0.39 is 23.6 Å². The summed E-state index contributed by atoms with van der Waals surface area (Å²) in [5.41, 5.74) is 1.92. The number of amides is 2. The Bertz CT molecular complexity index is 1270. The van der Waals surface area contributed by atoms with Gasteiger partial charge in [0.1, 0.15) is 11.5 Å². The van der Waals surface area contributed by atoms with Crippen LogP contribution in [0.3, 0.4) is 0 Å². The van der Waals surface area contributed by atoms with E-state index in [-0.39, 0.29) is 24.5 Å². The molecule has 9 heteroatoms. The van der Waals surface area contributed by atoms with Gasteiger partial charge in [-0.3, -0.25) is 9.59 Å². The molecule has 1 atom stereocenters. The van der Waals surface area contributed by atoms with Gasteiger partial charge in [-0.1, -0.05) is 36.4 Å². The SMILES string of the molecule is CCOC(=O)CC(NC(=O)Nc1c(O)c(C)cn(C)c1=O)c1ccc(OC)c(-c2ccccc2)c1. The van der Waals surface area contributed by atoms with Crippen molar-refractivity contribution >= 4 is 17.7 Å². The maximum atomic E-state index is 12.9. The maximum Gasteiger partial charge on any atom is 0.319 e. The van der Waals surface area contributed by atoms with Crippen LogP contribution in [0, 0.1) is 6.92 Å². The van der Waals surface area contributed by atoms with Gasteiger partial charge in [-0.15, -0.1) is 0 Å². The summed E-state index contributed by atoms with van der Waals surface area (Å²) in [6, 6.07) is 13.4. The minimum atomic E-state index is -0.779. The molecule has 0 bridgehead atoms. The number of benzene rings is 2. The summed E-state index contributed by atoms with van der Waals surface area (Å²) in [7, 11) is 3.09. The zero-order valence-corrected chi connectivity index (χ0v) is 20.1. The molecule has 9 nitrogen and oxygen atoms in total. The fourth-order valence-electron chi connectivity index (χ4n) is 3.73. The number of aryl methyl sites for hydroxylation is 2. The van der Waals surface area contributed by atoms with Crippen molar-refractivity contribution in [2.75, 3.05) is 19.0 Å². The second-order valence-corrected chi connectivity index (χ2v) is 7.94. The molecule has 0 saturated heterocycles. The van der Waals surface area contributed by atoms with E-state index in [2.05, 4.69) is 10.6 Å². The number of hydrogen-bond donors (Lipinski definition) is 3. The molecule has 2 amide bonds. The van der Waals surface area contributed by atoms with Crippen molar-refractivity contribution in [3.8, 4) is 22.6 Å². The number of esters is 1. The number of rotatable bonds is 8. The fourth-order valence-corrected chi connectivity index (χ4v) is 3.73. The lowest BCUT2D eigenvalue weighted by molar-refractivity contribution is -0.143. The van der Waals surface area contributed by atoms with Crippen LogP contribution in [0.25, 0.3) is 11.1 Å². The molecule has 3 N–H and O–H groups in total. The molecule has 0 aliphatic heterocycles. The average molecular weight is 480 g/mol. The average Bonchev–Trinajstić information content (AvgIpc) is 2.85. The summed E-state index contributed by atoms with van der Waals surface area (Å²) in [5.74, 6) is -0.183. The molecule has 184 valence electrons. The third-order valence-corrected chi connectivity index (χ3v) is 5.46. The van der Waals surface area contributed by atoms with Gasteiger partial charge in [0.15, 0.2) is 5.69 Å². The highest BCUT2D eigenvalue weighted by Gasteiger charge is 2.23. The van der Waals surface area contributed by atoms with Gasteiger partial charge in [0.2, 0.25) is 0 Å². The number of anilines is 1. The Morgan fingerprint density at radius 3 is 2.51 bits per heavy atom. The fraction of sp³-hybridized carbons (Fsp3) is 0.269. The molecule has 35 heavy (non-hydrogen) atoms. The Kier molecular flexibility index (Phi) is 8.14. The first kappa shape index (κ1) is 25.4. The van der Waals surface area contributed by atoms with Crippen molar-refractivity contribution < 1.29 is 24.2 Å². The van der Waals surface area contributed by atoms with Gasteiger partial charge in [0.05, 0.1) is 26.2 Å². The van der Waals surface area contributed by atoms with Crippen LogP contribution in [0.1, 0.15) is 30.5 Å². The molecule has 0 aliphatic rings. The number of carbonyl (C=O) groups excluding carboxylic acids is 2. The molecule has 1 aromatic heterocycles. The van der Waals surface area contributed by atoms with Crippen LogP contribution in [0.15, 0.2) is 59.5 Å². The number of nitrogens with zero attached hydrogens (tertiary/aromatic N) is 1. The van der Waals surface area contributed by atoms with E-state index in [1.54, 1.807) is 33.1 Å². The summed E-state index contributed by atoms with van der Waals surface area (Å²) in [6.45, 7) is 3.51. The number of pyridine rings is 1. The van der Waals surface area contributed by atoms with Crippen LogP contribution in [0.2, 0.25) is 0 Å². The van der Waals surface area contributed by atoms with Gasteiger partial charge in [-0.25, -0.2) is 4.79 Å². The van der Waals surface area contributed by atoms with E-state index in [0.717, 1.165) is 11.1 Å². The van der Waals surface area contributed by atoms with E-state index in [0.29, 0.717) is 16.9 Å². The number of aromatic nitrogens is 1. The lowest BCUT2D eigenvalue weighted by Gasteiger charge is -2.21. The molecular formula is C26H29N3O6. The topological polar surface area (TPSA) is 119 Å². The molecule has 2 aromatic carbocycles. The van der Waals surface area contributed by atoms with Crippen molar-refractivity contribution in [1.29, 1.82) is 0 Å². The second-order valence-electron chi connectivity index (χ2n) is 7.94. The molecule has 3 aromatic rings. The molecule has 0 saturated carbocycles. The van der Waals surface area contributed by atoms with Crippen LogP contribution < -0.4 is 20.9 Å². The van der Waals surface area contributed by atoms with Crippen LogP contribution in [0.4, 0.5) is 10.5 Å². The summed E-state index contributed by atoms with van der Waals surface area (Å²) in [5, 5.41) is 15.4. The first-order valence-electron chi connectivity index (χ1n) is 11.1. The molecule has 0 aliphatic carbocycles. The van der Waals surface area contributed by atoms with Gasteiger partial charge < -0.3 is 29.8 Å². The Hall–Kier alpha value is -4.27. The molecule has 1 heterocycles. The number of ether oxygens (including phenoxy) is 2. The molecule has 3 rings (SSSR count). The highest BCUT2D eigenvalue weighted by atomic mass is 16.5. The van der Waals surface area contributed by atoms with Crippen LogP contribution in [-0.4, -0.2) is 35.4 Å². The predicted molar refractivity (Wildman–Crippen MR) is 133 cm³/mol. The first-order chi connectivity index (χ1) is 16.7. The quantitative estimate of drug-likeness (QED) is 0.422. The molecule has 0 fully saturated rings. The Morgan fingerprint density at radius 1 is 1.14 bits per heavy atom. The number of methoxy groups -OCH3 is 1. The third kappa shape index (κ3) is 6.00. The van der Waals surface area contributed by atoms with Gasteiger partial charge in [0, 0.05) is 24.4 Å². The molecular weight excluding hydrogens is 450 g/mol. The van der Waals surface area contributed by atoms with Crippen LogP contribution >= 0.6 is 0 Å². The zero-order chi connectivity index (χ0) is 25.5. The van der Waals surface area contributed by atoms with E-state index in [4.69, 9.17) is 9.47 Å². The minimum absolute atomic E-state index is 0.139. The number of nitrogens with one attached hydrogen (secondary N) is 2. The Morgan fingerprint density at radius 2 is 1.86 bits per heavy atom. The molecule has 0 spiro atoms. The Balaban J connectivity index is 1.95. The summed E-state index contributed by atoms with van der Waals surface area (Å²) in [4.78, 5) is 37.7. The monoisotopic (exact) mass is 479 g/mol. The van der Waals surface area contributed by atoms with Gasteiger partial charge in [-0.05, 0) is 37.1 Å². The summed E-state index contributed by atoms with van der Waals surface area (Å²) in [6.07, 6.45) is 1.33. The maximum absolute atomic E-state index is 12.9. The first-order valence-corrected chi connectivity index (χ1v) is 11.1. The van der Waals surface area contributed by atoms with Crippen molar-refractivity contribution in [1.82, 2.24) is 9.88 Å². The largest absolute Gasteiger partial charge is 0.505 e. The van der Waals surface area contributed by atoms with Crippen molar-refractivity contribution in [3.63, 3.8) is 0 Å². The highest BCUT2D eigenvalue weighted by molar-refractivity contribution is 5.91. The van der Waals surface area contributed by atoms with Crippen molar-refractivity contribution in [3.05, 3.63) is 76.2 Å². The zero-order valence-electron chi connectivity index (χ0n) is 20.1. The van der Waals surface area contributed by atoms with Crippen LogP contribution in [0.5, 0.6) is 11.5 Å². The van der Waals surface area contributed by atoms with Gasteiger partial charge >= 0.3 is 12.0 Å². The number of urea groups is 1. The van der Waals surface area contributed by atoms with Gasteiger partial charge in [0.25, 0.3) is 5.56 Å². The number of hydrogen-bond acceptors (Lipinski definition) is 6. The normalized spacial score (nSPS) is 11.4. The lowest BCUT2D eigenvalue weighted by atomic mass is 9.97. The Labute approximate surface area is 203 Å². The van der Waals surface area contributed by atoms with Crippen LogP contribution in [-0.2, 0) is 16.6 Å². The lowest BCUT2D eigenvalue weighted by Crippen LogP contribution is -2.36. The van der Waals surface area contributed by atoms with E-state index in [9.17, 15) is 19.5 Å². The third-order valence-electron chi connectivity index (χ3n) is 5.46. The van der Waals surface area contributed by atoms with E-state index >= 15 is 0 Å². The predicted octanol–water partition coefficient (Wildman–Crippen LogP) is 3.89. The van der Waals surface area contributed by atoms with Crippen molar-refractivity contribution in [2.24, 2.45) is 7.05 Å². The van der Waals surface area contributed by atoms with E-state index in [1.807, 2.05) is 36.4 Å². The van der Waals surface area contributed by atoms with Gasteiger partial charge in [-0.2, -0.15) is 0 Å². The number of carbonyl (C=O) groups is 2. The highest BCUT2D eigenvalue weighted by Crippen LogP contribution is 2.33. The van der Waals surface area contributed by atoms with E-state index in [1.165, 1.54) is 17.8 Å². The summed E-state index contributed by atoms with van der Waals surface area (Å²) >= 11 is 0. The molecule has 1 unspecified atom stereocenters. The standard InChI is InChI=1S/C26H29N3O6/c1-5-35-22(30)14-20(27-26(33)28-23-24(31)16(2)15-29(3)25(23)32)18-11-12-21(34-4)19(13-18)17-9-7-6-8-10-17/h6-13,15,20,31H,5,14H2,1-4H3,(H2,27,28,33). The smallest absolute Gasteiger partial charge is 0.319 e. The summed E-state index contributed by atoms with van der Waals surface area (Å²) < 4.78 is 11.9. The number of aromatic hydroxyl groups is 1. The molecule has 0 radical (unpaired) electrons. The second kappa shape index (κ2) is 11.2.